The lowest BCUT2D eigenvalue weighted by Crippen LogP contribution is -2.21. The van der Waals surface area contributed by atoms with Crippen LogP contribution in [0.4, 0.5) is 0 Å². The van der Waals surface area contributed by atoms with Crippen LogP contribution in [0.1, 0.15) is 48.2 Å². The summed E-state index contributed by atoms with van der Waals surface area (Å²) in [6.07, 6.45) is 4.59. The average molecular weight is 282 g/mol. The summed E-state index contributed by atoms with van der Waals surface area (Å²) in [6.45, 7) is 2.09. The summed E-state index contributed by atoms with van der Waals surface area (Å²) in [5.41, 5.74) is 4.68. The molecule has 0 bridgehead atoms. The molecule has 2 aromatic rings. The molecule has 0 N–H and O–H groups in total. The fourth-order valence-corrected chi connectivity index (χ4v) is 3.30. The van der Waals surface area contributed by atoms with Crippen LogP contribution in [0, 0.1) is 0 Å². The topological polar surface area (TPSA) is 34.9 Å². The third-order valence-electron chi connectivity index (χ3n) is 4.50. The maximum absolute atomic E-state index is 12.7. The summed E-state index contributed by atoms with van der Waals surface area (Å²) in [7, 11) is 1.93. The molecule has 1 unspecified atom stereocenters. The number of aryl methyl sites for hydroxylation is 3. The highest BCUT2D eigenvalue weighted by Crippen LogP contribution is 2.32. The zero-order chi connectivity index (χ0) is 14.8. The third kappa shape index (κ3) is 2.78. The molecular formula is C18H22N2O. The number of fused-ring (bicyclic) bond motifs is 1. The molecule has 1 aromatic heterocycles. The molecule has 1 atom stereocenters. The normalized spacial score (nSPS) is 17.5. The van der Waals surface area contributed by atoms with Gasteiger partial charge in [0.1, 0.15) is 5.78 Å². The first-order valence-electron chi connectivity index (χ1n) is 7.81. The second kappa shape index (κ2) is 5.84. The molecule has 110 valence electrons. The minimum atomic E-state index is 0.0647. The van der Waals surface area contributed by atoms with Crippen molar-refractivity contribution in [2.75, 3.05) is 0 Å². The first kappa shape index (κ1) is 14.1. The maximum Gasteiger partial charge on any atom is 0.146 e. The van der Waals surface area contributed by atoms with Gasteiger partial charge in [0, 0.05) is 25.1 Å². The van der Waals surface area contributed by atoms with Crippen LogP contribution in [0.5, 0.6) is 0 Å². The molecule has 0 amide bonds. The Kier molecular flexibility index (Phi) is 3.91. The molecule has 0 fully saturated rings. The molecule has 0 saturated heterocycles. The molecule has 1 aliphatic rings. The molecule has 0 aliphatic heterocycles. The van der Waals surface area contributed by atoms with Crippen molar-refractivity contribution in [2.45, 2.75) is 44.9 Å². The fraction of sp³-hybridized carbons (Fsp3) is 0.444. The highest BCUT2D eigenvalue weighted by Gasteiger charge is 2.26. The van der Waals surface area contributed by atoms with Gasteiger partial charge in [-0.3, -0.25) is 9.48 Å². The largest absolute Gasteiger partial charge is 0.299 e. The molecular weight excluding hydrogens is 260 g/mol. The fourth-order valence-electron chi connectivity index (χ4n) is 3.30. The van der Waals surface area contributed by atoms with Crippen LogP contribution in [0.25, 0.3) is 0 Å². The molecule has 1 aromatic carbocycles. The maximum atomic E-state index is 12.7. The van der Waals surface area contributed by atoms with E-state index >= 15 is 0 Å². The Morgan fingerprint density at radius 3 is 2.95 bits per heavy atom. The predicted molar refractivity (Wildman–Crippen MR) is 83.4 cm³/mol. The lowest BCUT2D eigenvalue weighted by atomic mass is 9.79. The van der Waals surface area contributed by atoms with E-state index in [0.717, 1.165) is 37.1 Å². The van der Waals surface area contributed by atoms with Gasteiger partial charge in [-0.15, -0.1) is 0 Å². The Balaban J connectivity index is 1.81. The highest BCUT2D eigenvalue weighted by molar-refractivity contribution is 5.88. The van der Waals surface area contributed by atoms with Crippen LogP contribution in [0.3, 0.4) is 0 Å². The Bertz CT molecular complexity index is 657. The number of benzene rings is 1. The monoisotopic (exact) mass is 282 g/mol. The van der Waals surface area contributed by atoms with Gasteiger partial charge in [0.25, 0.3) is 0 Å². The van der Waals surface area contributed by atoms with Crippen molar-refractivity contribution in [2.24, 2.45) is 7.05 Å². The van der Waals surface area contributed by atoms with Gasteiger partial charge in [-0.2, -0.15) is 5.10 Å². The van der Waals surface area contributed by atoms with Gasteiger partial charge in [0.2, 0.25) is 0 Å². The van der Waals surface area contributed by atoms with Gasteiger partial charge >= 0.3 is 0 Å². The second-order valence-corrected chi connectivity index (χ2v) is 5.89. The number of carbonyl (C=O) groups excluding carboxylic acids is 1. The number of carbonyl (C=O) groups is 1. The second-order valence-electron chi connectivity index (χ2n) is 5.89. The number of Topliss-reactive ketones (excluding diaryl/α,β-unsaturated/α-hetero) is 1. The van der Waals surface area contributed by atoms with Crippen molar-refractivity contribution in [1.29, 1.82) is 0 Å². The van der Waals surface area contributed by atoms with E-state index in [2.05, 4.69) is 36.3 Å². The van der Waals surface area contributed by atoms with Crippen molar-refractivity contribution in [3.05, 3.63) is 52.8 Å². The van der Waals surface area contributed by atoms with Crippen molar-refractivity contribution in [3.63, 3.8) is 0 Å². The quantitative estimate of drug-likeness (QED) is 0.863. The smallest absolute Gasteiger partial charge is 0.146 e. The van der Waals surface area contributed by atoms with E-state index in [1.165, 1.54) is 11.1 Å². The summed E-state index contributed by atoms with van der Waals surface area (Å²) >= 11 is 0. The first-order valence-corrected chi connectivity index (χ1v) is 7.81. The Hall–Kier alpha value is -1.90. The van der Waals surface area contributed by atoms with E-state index < -0.39 is 0 Å². The van der Waals surface area contributed by atoms with Crippen LogP contribution in [-0.4, -0.2) is 15.6 Å². The molecule has 1 heterocycles. The Morgan fingerprint density at radius 1 is 1.38 bits per heavy atom. The van der Waals surface area contributed by atoms with Crippen molar-refractivity contribution in [1.82, 2.24) is 9.78 Å². The van der Waals surface area contributed by atoms with Crippen LogP contribution in [0.2, 0.25) is 0 Å². The van der Waals surface area contributed by atoms with E-state index in [1.54, 1.807) is 0 Å². The molecule has 3 nitrogen and oxygen atoms in total. The average Bonchev–Trinajstić information content (AvgIpc) is 2.87. The number of hydrogen-bond donors (Lipinski definition) is 0. The number of aromatic nitrogens is 2. The molecule has 0 saturated carbocycles. The standard InChI is InChI=1S/C18H22N2O/c1-3-14-11-15(20(2)19-14)12-18(21)17-10-6-8-13-7-4-5-9-16(13)17/h4-5,7,9,11,17H,3,6,8,10,12H2,1-2H3. The summed E-state index contributed by atoms with van der Waals surface area (Å²) < 4.78 is 1.85. The minimum absolute atomic E-state index is 0.0647. The van der Waals surface area contributed by atoms with Gasteiger partial charge in [-0.05, 0) is 42.9 Å². The SMILES string of the molecule is CCc1cc(CC(=O)C2CCCc3ccccc32)n(C)n1. The van der Waals surface area contributed by atoms with Gasteiger partial charge in [-0.25, -0.2) is 0 Å². The van der Waals surface area contributed by atoms with Crippen LogP contribution in [-0.2, 0) is 31.1 Å². The zero-order valence-electron chi connectivity index (χ0n) is 12.8. The van der Waals surface area contributed by atoms with Crippen molar-refractivity contribution >= 4 is 5.78 Å². The van der Waals surface area contributed by atoms with E-state index in [4.69, 9.17) is 0 Å². The van der Waals surface area contributed by atoms with E-state index in [-0.39, 0.29) is 5.92 Å². The summed E-state index contributed by atoms with van der Waals surface area (Å²) in [5, 5.41) is 4.44. The van der Waals surface area contributed by atoms with Crippen molar-refractivity contribution in [3.8, 4) is 0 Å². The molecule has 0 radical (unpaired) electrons. The number of ketones is 1. The van der Waals surface area contributed by atoms with Gasteiger partial charge in [-0.1, -0.05) is 31.2 Å². The molecule has 3 heteroatoms. The van der Waals surface area contributed by atoms with E-state index in [0.29, 0.717) is 12.2 Å². The molecule has 21 heavy (non-hydrogen) atoms. The summed E-state index contributed by atoms with van der Waals surface area (Å²) in [4.78, 5) is 12.7. The minimum Gasteiger partial charge on any atom is -0.299 e. The number of rotatable bonds is 4. The lowest BCUT2D eigenvalue weighted by Gasteiger charge is -2.24. The number of nitrogens with zero attached hydrogens (tertiary/aromatic N) is 2. The predicted octanol–water partition coefficient (Wildman–Crippen LogP) is 3.21. The molecule has 3 rings (SSSR count). The lowest BCUT2D eigenvalue weighted by molar-refractivity contribution is -0.120. The first-order chi connectivity index (χ1) is 10.2. The molecule has 1 aliphatic carbocycles. The molecule has 0 spiro atoms. The van der Waals surface area contributed by atoms with Crippen LogP contribution >= 0.6 is 0 Å². The number of hydrogen-bond acceptors (Lipinski definition) is 2. The van der Waals surface area contributed by atoms with E-state index in [9.17, 15) is 4.79 Å². The Morgan fingerprint density at radius 2 is 2.19 bits per heavy atom. The third-order valence-corrected chi connectivity index (χ3v) is 4.50. The Labute approximate surface area is 126 Å². The zero-order valence-corrected chi connectivity index (χ0v) is 12.8. The van der Waals surface area contributed by atoms with Crippen LogP contribution in [0.15, 0.2) is 30.3 Å². The van der Waals surface area contributed by atoms with Gasteiger partial charge in [0.05, 0.1) is 5.69 Å². The van der Waals surface area contributed by atoms with Crippen LogP contribution < -0.4 is 0 Å². The summed E-state index contributed by atoms with van der Waals surface area (Å²) in [5.74, 6) is 0.391. The van der Waals surface area contributed by atoms with Crippen molar-refractivity contribution < 1.29 is 4.79 Å². The van der Waals surface area contributed by atoms with Gasteiger partial charge < -0.3 is 0 Å². The highest BCUT2D eigenvalue weighted by atomic mass is 16.1. The van der Waals surface area contributed by atoms with Gasteiger partial charge in [0.15, 0.2) is 0 Å². The summed E-state index contributed by atoms with van der Waals surface area (Å²) in [6, 6.07) is 10.5. The van der Waals surface area contributed by atoms with E-state index in [1.807, 2.05) is 17.8 Å².